The van der Waals surface area contributed by atoms with Crippen molar-refractivity contribution >= 4 is 5.69 Å². The lowest BCUT2D eigenvalue weighted by molar-refractivity contribution is 0.350. The van der Waals surface area contributed by atoms with Crippen LogP contribution in [0, 0.1) is 12.3 Å². The van der Waals surface area contributed by atoms with Gasteiger partial charge in [0.2, 0.25) is 0 Å². The smallest absolute Gasteiger partial charge is 0.0531 e. The van der Waals surface area contributed by atoms with Crippen LogP contribution in [0.15, 0.2) is 18.5 Å². The van der Waals surface area contributed by atoms with E-state index in [1.807, 2.05) is 12.4 Å². The van der Waals surface area contributed by atoms with Crippen LogP contribution in [0.3, 0.4) is 0 Å². The van der Waals surface area contributed by atoms with Crippen molar-refractivity contribution in [1.29, 1.82) is 0 Å². The molecule has 15 heavy (non-hydrogen) atoms. The molecule has 2 heteroatoms. The monoisotopic (exact) mass is 204 g/mol. The third-order valence-corrected chi connectivity index (χ3v) is 3.47. The lowest BCUT2D eigenvalue weighted by Crippen LogP contribution is -2.30. The molecule has 1 saturated carbocycles. The quantitative estimate of drug-likeness (QED) is 0.798. The molecule has 1 unspecified atom stereocenters. The number of hydrogen-bond acceptors (Lipinski definition) is 2. The van der Waals surface area contributed by atoms with Gasteiger partial charge in [0.1, 0.15) is 0 Å². The zero-order valence-corrected chi connectivity index (χ0v) is 9.88. The molecule has 1 aromatic rings. The predicted octanol–water partition coefficient (Wildman–Crippen LogP) is 3.38. The van der Waals surface area contributed by atoms with Crippen LogP contribution < -0.4 is 5.32 Å². The van der Waals surface area contributed by atoms with E-state index in [9.17, 15) is 0 Å². The molecule has 0 bridgehead atoms. The molecule has 2 nitrogen and oxygen atoms in total. The van der Waals surface area contributed by atoms with Gasteiger partial charge in [-0.15, -0.1) is 0 Å². The van der Waals surface area contributed by atoms with Crippen LogP contribution >= 0.6 is 0 Å². The van der Waals surface area contributed by atoms with Crippen molar-refractivity contribution in [3.8, 4) is 0 Å². The second kappa shape index (κ2) is 3.84. The minimum atomic E-state index is 0.420. The molecule has 1 atom stereocenters. The molecule has 0 radical (unpaired) electrons. The molecule has 1 aromatic heterocycles. The van der Waals surface area contributed by atoms with Crippen LogP contribution in [-0.2, 0) is 0 Å². The largest absolute Gasteiger partial charge is 0.381 e. The van der Waals surface area contributed by atoms with Gasteiger partial charge in [-0.1, -0.05) is 20.3 Å². The Morgan fingerprint density at radius 1 is 1.40 bits per heavy atom. The number of nitrogens with zero attached hydrogens (tertiary/aromatic N) is 1. The van der Waals surface area contributed by atoms with Gasteiger partial charge < -0.3 is 5.32 Å². The molecular weight excluding hydrogens is 184 g/mol. The Morgan fingerprint density at radius 3 is 2.80 bits per heavy atom. The van der Waals surface area contributed by atoms with Gasteiger partial charge in [0.25, 0.3) is 0 Å². The molecule has 0 saturated heterocycles. The molecule has 1 fully saturated rings. The Labute approximate surface area is 92.1 Å². The number of rotatable bonds is 2. The van der Waals surface area contributed by atoms with E-state index >= 15 is 0 Å². The average molecular weight is 204 g/mol. The standard InChI is InChI=1S/C13H20N2/c1-10-7-11(9-14-8-10)15-12-5-4-6-13(12,2)3/h7-9,12,15H,4-6H2,1-3H3. The fraction of sp³-hybridized carbons (Fsp3) is 0.615. The normalized spacial score (nSPS) is 24.1. The first-order valence-electron chi connectivity index (χ1n) is 5.76. The Morgan fingerprint density at radius 2 is 2.20 bits per heavy atom. The zero-order chi connectivity index (χ0) is 10.9. The Balaban J connectivity index is 2.09. The lowest BCUT2D eigenvalue weighted by Gasteiger charge is -2.28. The maximum Gasteiger partial charge on any atom is 0.0531 e. The van der Waals surface area contributed by atoms with Crippen LogP contribution in [0.5, 0.6) is 0 Å². The third-order valence-electron chi connectivity index (χ3n) is 3.47. The van der Waals surface area contributed by atoms with Gasteiger partial charge in [-0.2, -0.15) is 0 Å². The fourth-order valence-corrected chi connectivity index (χ4v) is 2.43. The number of pyridine rings is 1. The number of anilines is 1. The SMILES string of the molecule is Cc1cncc(NC2CCCC2(C)C)c1. The molecule has 82 valence electrons. The summed E-state index contributed by atoms with van der Waals surface area (Å²) in [5, 5.41) is 3.61. The molecule has 0 spiro atoms. The van der Waals surface area contributed by atoms with E-state index in [0.29, 0.717) is 11.5 Å². The highest BCUT2D eigenvalue weighted by Gasteiger charge is 2.34. The van der Waals surface area contributed by atoms with E-state index in [-0.39, 0.29) is 0 Å². The van der Waals surface area contributed by atoms with E-state index in [2.05, 4.69) is 37.1 Å². The molecule has 0 aromatic carbocycles. The number of aryl methyl sites for hydroxylation is 1. The molecule has 1 heterocycles. The summed E-state index contributed by atoms with van der Waals surface area (Å²) in [6.07, 6.45) is 7.75. The van der Waals surface area contributed by atoms with Gasteiger partial charge in [0, 0.05) is 18.4 Å². The Hall–Kier alpha value is -1.05. The van der Waals surface area contributed by atoms with Gasteiger partial charge in [0.05, 0.1) is 5.69 Å². The summed E-state index contributed by atoms with van der Waals surface area (Å²) in [5.41, 5.74) is 2.80. The molecule has 1 aliphatic carbocycles. The number of aromatic nitrogens is 1. The van der Waals surface area contributed by atoms with Crippen LogP contribution in [0.1, 0.15) is 38.7 Å². The van der Waals surface area contributed by atoms with Crippen LogP contribution in [0.2, 0.25) is 0 Å². The van der Waals surface area contributed by atoms with Gasteiger partial charge in [-0.25, -0.2) is 0 Å². The zero-order valence-electron chi connectivity index (χ0n) is 9.88. The summed E-state index contributed by atoms with van der Waals surface area (Å²) in [4.78, 5) is 4.21. The molecular formula is C13H20N2. The van der Waals surface area contributed by atoms with Gasteiger partial charge in [-0.05, 0) is 36.8 Å². The van der Waals surface area contributed by atoms with Crippen LogP contribution in [-0.4, -0.2) is 11.0 Å². The molecule has 1 aliphatic rings. The van der Waals surface area contributed by atoms with E-state index in [4.69, 9.17) is 0 Å². The van der Waals surface area contributed by atoms with Gasteiger partial charge >= 0.3 is 0 Å². The first kappa shape index (κ1) is 10.5. The summed E-state index contributed by atoms with van der Waals surface area (Å²) in [6.45, 7) is 6.78. The van der Waals surface area contributed by atoms with Gasteiger partial charge in [0.15, 0.2) is 0 Å². The highest BCUT2D eigenvalue weighted by atomic mass is 15.0. The molecule has 1 N–H and O–H groups in total. The number of hydrogen-bond donors (Lipinski definition) is 1. The van der Waals surface area contributed by atoms with E-state index < -0.39 is 0 Å². The summed E-state index contributed by atoms with van der Waals surface area (Å²) < 4.78 is 0. The van der Waals surface area contributed by atoms with Crippen LogP contribution in [0.25, 0.3) is 0 Å². The van der Waals surface area contributed by atoms with E-state index in [1.165, 1.54) is 24.8 Å². The van der Waals surface area contributed by atoms with Crippen molar-refractivity contribution in [2.24, 2.45) is 5.41 Å². The maximum atomic E-state index is 4.21. The van der Waals surface area contributed by atoms with Crippen molar-refractivity contribution in [3.63, 3.8) is 0 Å². The summed E-state index contributed by atoms with van der Waals surface area (Å²) in [7, 11) is 0. The Bertz CT molecular complexity index is 344. The third kappa shape index (κ3) is 2.31. The summed E-state index contributed by atoms with van der Waals surface area (Å²) in [6, 6.07) is 2.77. The predicted molar refractivity (Wildman–Crippen MR) is 64.0 cm³/mol. The molecule has 0 aliphatic heterocycles. The topological polar surface area (TPSA) is 24.9 Å². The van der Waals surface area contributed by atoms with Crippen molar-refractivity contribution in [1.82, 2.24) is 4.98 Å². The maximum absolute atomic E-state index is 4.21. The fourth-order valence-electron chi connectivity index (χ4n) is 2.43. The van der Waals surface area contributed by atoms with Crippen molar-refractivity contribution in [2.75, 3.05) is 5.32 Å². The van der Waals surface area contributed by atoms with Gasteiger partial charge in [-0.3, -0.25) is 4.98 Å². The minimum absolute atomic E-state index is 0.420. The minimum Gasteiger partial charge on any atom is -0.381 e. The highest BCUT2D eigenvalue weighted by molar-refractivity contribution is 5.44. The second-order valence-electron chi connectivity index (χ2n) is 5.33. The lowest BCUT2D eigenvalue weighted by atomic mass is 9.87. The highest BCUT2D eigenvalue weighted by Crippen LogP contribution is 2.38. The molecule has 2 rings (SSSR count). The second-order valence-corrected chi connectivity index (χ2v) is 5.33. The van der Waals surface area contributed by atoms with Crippen molar-refractivity contribution < 1.29 is 0 Å². The first-order chi connectivity index (χ1) is 7.08. The van der Waals surface area contributed by atoms with Crippen molar-refractivity contribution in [3.05, 3.63) is 24.0 Å². The van der Waals surface area contributed by atoms with Crippen LogP contribution in [0.4, 0.5) is 5.69 Å². The summed E-state index contributed by atoms with van der Waals surface area (Å²) >= 11 is 0. The van der Waals surface area contributed by atoms with Crippen molar-refractivity contribution in [2.45, 2.75) is 46.1 Å². The van der Waals surface area contributed by atoms with E-state index in [1.54, 1.807) is 0 Å². The van der Waals surface area contributed by atoms with E-state index in [0.717, 1.165) is 5.69 Å². The first-order valence-corrected chi connectivity index (χ1v) is 5.76. The number of nitrogens with one attached hydrogen (secondary N) is 1. The summed E-state index contributed by atoms with van der Waals surface area (Å²) in [5.74, 6) is 0. The molecule has 0 amide bonds. The average Bonchev–Trinajstić information content (AvgIpc) is 2.46. The Kier molecular flexibility index (Phi) is 2.68.